The summed E-state index contributed by atoms with van der Waals surface area (Å²) < 4.78 is 4.83. The van der Waals surface area contributed by atoms with Gasteiger partial charge in [-0.2, -0.15) is 0 Å². The van der Waals surface area contributed by atoms with Gasteiger partial charge in [-0.25, -0.2) is 9.97 Å². The lowest BCUT2D eigenvalue weighted by Gasteiger charge is -2.12. The maximum atomic E-state index is 5.20. The van der Waals surface area contributed by atoms with Crippen LogP contribution in [0.2, 0.25) is 0 Å². The zero-order valence-electron chi connectivity index (χ0n) is 28.1. The van der Waals surface area contributed by atoms with Crippen molar-refractivity contribution in [3.05, 3.63) is 182 Å². The summed E-state index contributed by atoms with van der Waals surface area (Å²) >= 11 is 0. The van der Waals surface area contributed by atoms with Crippen LogP contribution in [0.4, 0.5) is 0 Å². The van der Waals surface area contributed by atoms with Crippen LogP contribution >= 0.6 is 0 Å². The number of para-hydroxylation sites is 3. The first-order valence-electron chi connectivity index (χ1n) is 17.7. The summed E-state index contributed by atoms with van der Waals surface area (Å²) in [5, 5.41) is 8.56. The number of nitrogens with zero attached hydrogens (tertiary/aromatic N) is 4. The molecule has 11 aromatic rings. The van der Waals surface area contributed by atoms with Crippen molar-refractivity contribution >= 4 is 65.3 Å². The molecule has 4 nitrogen and oxygen atoms in total. The molecule has 0 spiro atoms. The molecule has 0 amide bonds. The maximum Gasteiger partial charge on any atom is 0.160 e. The quantitative estimate of drug-likeness (QED) is 0.188. The third-order valence-corrected chi connectivity index (χ3v) is 10.5. The van der Waals surface area contributed by atoms with Crippen LogP contribution in [0.1, 0.15) is 0 Å². The van der Waals surface area contributed by atoms with Crippen LogP contribution in [0.25, 0.3) is 99.3 Å². The molecule has 0 saturated heterocycles. The number of hydrogen-bond acceptors (Lipinski definition) is 2. The van der Waals surface area contributed by atoms with Crippen LogP contribution in [0.3, 0.4) is 0 Å². The molecule has 11 rings (SSSR count). The minimum absolute atomic E-state index is 0.708. The molecule has 242 valence electrons. The Morgan fingerprint density at radius 2 is 0.923 bits per heavy atom. The van der Waals surface area contributed by atoms with Gasteiger partial charge in [-0.05, 0) is 65.4 Å². The van der Waals surface area contributed by atoms with Crippen LogP contribution in [-0.4, -0.2) is 19.1 Å². The number of fused-ring (bicyclic) bond motifs is 10. The summed E-state index contributed by atoms with van der Waals surface area (Å²) in [4.78, 5) is 10.3. The summed E-state index contributed by atoms with van der Waals surface area (Å²) in [5.41, 5.74) is 10.9. The molecule has 0 fully saturated rings. The van der Waals surface area contributed by atoms with Crippen molar-refractivity contribution in [2.45, 2.75) is 0 Å². The Labute approximate surface area is 299 Å². The van der Waals surface area contributed by atoms with Gasteiger partial charge in [0.1, 0.15) is 0 Å². The van der Waals surface area contributed by atoms with Crippen LogP contribution in [0.15, 0.2) is 182 Å². The molecule has 4 heteroatoms. The molecule has 0 bridgehead atoms. The summed E-state index contributed by atoms with van der Waals surface area (Å²) in [6.45, 7) is 0. The average molecular weight is 663 g/mol. The molecule has 0 unspecified atom stereocenters. The minimum atomic E-state index is 0.708. The maximum absolute atomic E-state index is 5.20. The molecule has 0 N–H and O–H groups in total. The van der Waals surface area contributed by atoms with E-state index >= 15 is 0 Å². The highest BCUT2D eigenvalue weighted by atomic mass is 15.0. The number of aromatic nitrogens is 4. The Kier molecular flexibility index (Phi) is 6.22. The predicted octanol–water partition coefficient (Wildman–Crippen LogP) is 12.3. The van der Waals surface area contributed by atoms with E-state index in [0.717, 1.165) is 50.1 Å². The van der Waals surface area contributed by atoms with Crippen molar-refractivity contribution in [1.29, 1.82) is 0 Å². The summed E-state index contributed by atoms with van der Waals surface area (Å²) in [6.07, 6.45) is 0. The third-order valence-electron chi connectivity index (χ3n) is 10.5. The minimum Gasteiger partial charge on any atom is -0.309 e. The van der Waals surface area contributed by atoms with Crippen molar-refractivity contribution in [2.75, 3.05) is 0 Å². The van der Waals surface area contributed by atoms with Gasteiger partial charge in [0.15, 0.2) is 5.82 Å². The topological polar surface area (TPSA) is 35.6 Å². The Morgan fingerprint density at radius 3 is 1.75 bits per heavy atom. The van der Waals surface area contributed by atoms with E-state index in [1.807, 2.05) is 12.1 Å². The van der Waals surface area contributed by atoms with Crippen molar-refractivity contribution in [2.24, 2.45) is 0 Å². The molecule has 0 aliphatic heterocycles. The summed E-state index contributed by atoms with van der Waals surface area (Å²) in [5.74, 6) is 0.708. The molecule has 0 atom stereocenters. The number of benzene rings is 8. The first kappa shape index (κ1) is 28.8. The highest BCUT2D eigenvalue weighted by molar-refractivity contribution is 6.33. The van der Waals surface area contributed by atoms with Crippen LogP contribution < -0.4 is 0 Å². The van der Waals surface area contributed by atoms with Gasteiger partial charge >= 0.3 is 0 Å². The molecule has 3 aromatic heterocycles. The Bertz CT molecular complexity index is 3170. The van der Waals surface area contributed by atoms with Crippen LogP contribution in [0, 0.1) is 0 Å². The van der Waals surface area contributed by atoms with E-state index < -0.39 is 0 Å². The largest absolute Gasteiger partial charge is 0.309 e. The first-order valence-corrected chi connectivity index (χ1v) is 17.7. The predicted molar refractivity (Wildman–Crippen MR) is 217 cm³/mol. The van der Waals surface area contributed by atoms with E-state index in [9.17, 15) is 0 Å². The monoisotopic (exact) mass is 662 g/mol. The van der Waals surface area contributed by atoms with Crippen molar-refractivity contribution in [3.8, 4) is 34.0 Å². The lowest BCUT2D eigenvalue weighted by molar-refractivity contribution is 1.17. The fourth-order valence-corrected chi connectivity index (χ4v) is 8.27. The molecule has 0 aliphatic carbocycles. The lowest BCUT2D eigenvalue weighted by Crippen LogP contribution is -1.98. The SMILES string of the molecule is c1ccc(-c2nc(-c3cccc(-n4c5ccccc5c5c6c7c8ccccc8ccc7n(-c7ccccc7)c6ccc54)c3)nc3ccccc23)cc1. The lowest BCUT2D eigenvalue weighted by atomic mass is 10.0. The Morgan fingerprint density at radius 1 is 0.346 bits per heavy atom. The van der Waals surface area contributed by atoms with Crippen molar-refractivity contribution < 1.29 is 0 Å². The van der Waals surface area contributed by atoms with E-state index in [-0.39, 0.29) is 0 Å². The van der Waals surface area contributed by atoms with Gasteiger partial charge in [0.05, 0.1) is 33.3 Å². The summed E-state index contributed by atoms with van der Waals surface area (Å²) in [7, 11) is 0. The molecule has 3 heterocycles. The fourth-order valence-electron chi connectivity index (χ4n) is 8.27. The van der Waals surface area contributed by atoms with Gasteiger partial charge in [-0.15, -0.1) is 0 Å². The molecule has 8 aromatic carbocycles. The second kappa shape index (κ2) is 11.2. The number of hydrogen-bond donors (Lipinski definition) is 0. The molecular formula is C48H30N4. The zero-order chi connectivity index (χ0) is 34.2. The van der Waals surface area contributed by atoms with Crippen molar-refractivity contribution in [3.63, 3.8) is 0 Å². The van der Waals surface area contributed by atoms with Gasteiger partial charge in [0.2, 0.25) is 0 Å². The average Bonchev–Trinajstić information content (AvgIpc) is 3.74. The molecule has 0 aliphatic rings. The van der Waals surface area contributed by atoms with Gasteiger partial charge in [-0.3, -0.25) is 0 Å². The number of rotatable bonds is 4. The van der Waals surface area contributed by atoms with E-state index in [1.165, 1.54) is 43.4 Å². The van der Waals surface area contributed by atoms with Crippen LogP contribution in [-0.2, 0) is 0 Å². The second-order valence-electron chi connectivity index (χ2n) is 13.4. The third kappa shape index (κ3) is 4.21. The molecule has 52 heavy (non-hydrogen) atoms. The smallest absolute Gasteiger partial charge is 0.160 e. The van der Waals surface area contributed by atoms with Gasteiger partial charge < -0.3 is 9.13 Å². The van der Waals surface area contributed by atoms with Gasteiger partial charge in [0, 0.05) is 49.4 Å². The standard InChI is InChI=1S/C48H30N4/c1-3-15-32(16-4-1)47-37-22-9-11-24-39(37)49-48(50-47)33-17-13-20-35(30-33)52-40-25-12-10-23-38(40)45-42(52)28-29-43-46(45)44-36-21-8-7-14-31(36)26-27-41(44)51(43)34-18-5-2-6-19-34/h1-30H. The fraction of sp³-hybridized carbons (Fsp3) is 0. The van der Waals surface area contributed by atoms with Gasteiger partial charge in [-0.1, -0.05) is 127 Å². The highest BCUT2D eigenvalue weighted by Gasteiger charge is 2.22. The van der Waals surface area contributed by atoms with Crippen molar-refractivity contribution in [1.82, 2.24) is 19.1 Å². The van der Waals surface area contributed by atoms with Gasteiger partial charge in [0.25, 0.3) is 0 Å². The highest BCUT2D eigenvalue weighted by Crippen LogP contribution is 2.44. The zero-order valence-corrected chi connectivity index (χ0v) is 28.1. The Hall–Kier alpha value is -7.04. The molecular weight excluding hydrogens is 633 g/mol. The first-order chi connectivity index (χ1) is 25.8. The van der Waals surface area contributed by atoms with E-state index in [4.69, 9.17) is 9.97 Å². The van der Waals surface area contributed by atoms with E-state index in [1.54, 1.807) is 0 Å². The molecule has 0 radical (unpaired) electrons. The molecule has 0 saturated carbocycles. The van der Waals surface area contributed by atoms with Crippen LogP contribution in [0.5, 0.6) is 0 Å². The summed E-state index contributed by atoms with van der Waals surface area (Å²) in [6, 6.07) is 64.8. The Balaban J connectivity index is 1.21. The van der Waals surface area contributed by atoms with E-state index in [0.29, 0.717) is 5.82 Å². The normalized spacial score (nSPS) is 11.8. The second-order valence-corrected chi connectivity index (χ2v) is 13.4. The van der Waals surface area contributed by atoms with E-state index in [2.05, 4.69) is 179 Å².